The van der Waals surface area contributed by atoms with Gasteiger partial charge in [0, 0.05) is 23.0 Å². The number of carbonyl (C=O) groups excluding carboxylic acids is 1. The summed E-state index contributed by atoms with van der Waals surface area (Å²) in [6, 6.07) is 9.76. The summed E-state index contributed by atoms with van der Waals surface area (Å²) in [5, 5.41) is 5.72. The van der Waals surface area contributed by atoms with Gasteiger partial charge in [-0.3, -0.25) is 9.36 Å². The van der Waals surface area contributed by atoms with Crippen molar-refractivity contribution in [1.82, 2.24) is 14.9 Å². The molecule has 0 aliphatic carbocycles. The number of hydrogen-bond donors (Lipinski definition) is 1. The SMILES string of the molecule is Cc1cccc(OCCNC(=O)c2cc(C)n(-c3nccs3)c2C)c1. The molecule has 0 radical (unpaired) electrons. The fourth-order valence-corrected chi connectivity index (χ4v) is 3.50. The van der Waals surface area contributed by atoms with Gasteiger partial charge in [-0.15, -0.1) is 11.3 Å². The van der Waals surface area contributed by atoms with Crippen LogP contribution >= 0.6 is 11.3 Å². The molecule has 2 aromatic heterocycles. The molecular weight excluding hydrogens is 334 g/mol. The van der Waals surface area contributed by atoms with Crippen LogP contribution in [0.15, 0.2) is 41.9 Å². The highest BCUT2D eigenvalue weighted by atomic mass is 32.1. The van der Waals surface area contributed by atoms with Gasteiger partial charge in [0.2, 0.25) is 0 Å². The molecule has 6 heteroatoms. The highest BCUT2D eigenvalue weighted by Gasteiger charge is 2.17. The van der Waals surface area contributed by atoms with Crippen LogP contribution in [0.25, 0.3) is 5.13 Å². The van der Waals surface area contributed by atoms with Crippen LogP contribution in [0.2, 0.25) is 0 Å². The van der Waals surface area contributed by atoms with E-state index < -0.39 is 0 Å². The number of ether oxygens (including phenoxy) is 1. The predicted octanol–water partition coefficient (Wildman–Crippen LogP) is 3.67. The standard InChI is InChI=1S/C19H21N3O2S/c1-13-5-4-6-16(11-13)24-9-7-20-18(23)17-12-14(2)22(15(17)3)19-21-8-10-25-19/h4-6,8,10-12H,7,9H2,1-3H3,(H,20,23). The lowest BCUT2D eigenvalue weighted by Crippen LogP contribution is -2.28. The summed E-state index contributed by atoms with van der Waals surface area (Å²) >= 11 is 1.55. The van der Waals surface area contributed by atoms with Crippen molar-refractivity contribution >= 4 is 17.2 Å². The minimum Gasteiger partial charge on any atom is -0.492 e. The molecule has 5 nitrogen and oxygen atoms in total. The second-order valence-electron chi connectivity index (χ2n) is 5.86. The molecular formula is C19H21N3O2S. The first-order valence-corrected chi connectivity index (χ1v) is 9.00. The van der Waals surface area contributed by atoms with Crippen molar-refractivity contribution < 1.29 is 9.53 Å². The van der Waals surface area contributed by atoms with Gasteiger partial charge in [-0.05, 0) is 44.5 Å². The number of benzene rings is 1. The van der Waals surface area contributed by atoms with E-state index in [-0.39, 0.29) is 5.91 Å². The summed E-state index contributed by atoms with van der Waals surface area (Å²) in [5.41, 5.74) is 3.71. The molecule has 25 heavy (non-hydrogen) atoms. The van der Waals surface area contributed by atoms with Crippen molar-refractivity contribution in [1.29, 1.82) is 0 Å². The first-order valence-electron chi connectivity index (χ1n) is 8.12. The predicted molar refractivity (Wildman–Crippen MR) is 99.9 cm³/mol. The Morgan fingerprint density at radius 2 is 2.12 bits per heavy atom. The van der Waals surface area contributed by atoms with E-state index in [0.29, 0.717) is 18.7 Å². The van der Waals surface area contributed by atoms with Crippen molar-refractivity contribution in [2.75, 3.05) is 13.2 Å². The summed E-state index contributed by atoms with van der Waals surface area (Å²) in [6.07, 6.45) is 1.77. The van der Waals surface area contributed by atoms with E-state index >= 15 is 0 Å². The van der Waals surface area contributed by atoms with Crippen molar-refractivity contribution in [2.24, 2.45) is 0 Å². The Hall–Kier alpha value is -2.60. The van der Waals surface area contributed by atoms with Crippen LogP contribution in [0.4, 0.5) is 0 Å². The molecule has 3 rings (SSSR count). The second kappa shape index (κ2) is 7.53. The molecule has 0 atom stereocenters. The van der Waals surface area contributed by atoms with Crippen LogP contribution in [0.5, 0.6) is 5.75 Å². The minimum absolute atomic E-state index is 0.0938. The third-order valence-corrected chi connectivity index (χ3v) is 4.69. The Labute approximate surface area is 151 Å². The smallest absolute Gasteiger partial charge is 0.253 e. The molecule has 0 saturated heterocycles. The maximum atomic E-state index is 12.5. The molecule has 0 fully saturated rings. The van der Waals surface area contributed by atoms with Gasteiger partial charge >= 0.3 is 0 Å². The van der Waals surface area contributed by atoms with Crippen LogP contribution in [0.1, 0.15) is 27.3 Å². The largest absolute Gasteiger partial charge is 0.492 e. The van der Waals surface area contributed by atoms with Crippen molar-refractivity contribution in [3.63, 3.8) is 0 Å². The van der Waals surface area contributed by atoms with E-state index in [1.54, 1.807) is 17.5 Å². The zero-order valence-corrected chi connectivity index (χ0v) is 15.4. The summed E-state index contributed by atoms with van der Waals surface area (Å²) in [5.74, 6) is 0.722. The number of carbonyl (C=O) groups is 1. The van der Waals surface area contributed by atoms with Crippen LogP contribution < -0.4 is 10.1 Å². The molecule has 0 spiro atoms. The molecule has 1 amide bonds. The summed E-state index contributed by atoms with van der Waals surface area (Å²) in [6.45, 7) is 6.82. The van der Waals surface area contributed by atoms with Gasteiger partial charge in [-0.1, -0.05) is 12.1 Å². The van der Waals surface area contributed by atoms with Gasteiger partial charge < -0.3 is 10.1 Å². The van der Waals surface area contributed by atoms with E-state index in [0.717, 1.165) is 27.8 Å². The van der Waals surface area contributed by atoms with Crippen LogP contribution in [0.3, 0.4) is 0 Å². The molecule has 0 unspecified atom stereocenters. The van der Waals surface area contributed by atoms with E-state index in [1.807, 2.05) is 61.1 Å². The number of hydrogen-bond acceptors (Lipinski definition) is 4. The molecule has 0 bridgehead atoms. The fourth-order valence-electron chi connectivity index (χ4n) is 2.75. The topological polar surface area (TPSA) is 56.1 Å². The zero-order valence-electron chi connectivity index (χ0n) is 14.6. The molecule has 0 aliphatic heterocycles. The Bertz CT molecular complexity index is 869. The maximum Gasteiger partial charge on any atom is 0.253 e. The molecule has 0 aliphatic rings. The lowest BCUT2D eigenvalue weighted by molar-refractivity contribution is 0.0946. The molecule has 3 aromatic rings. The van der Waals surface area contributed by atoms with Gasteiger partial charge in [-0.25, -0.2) is 4.98 Å². The van der Waals surface area contributed by atoms with E-state index in [1.165, 1.54) is 0 Å². The van der Waals surface area contributed by atoms with Gasteiger partial charge in [0.15, 0.2) is 5.13 Å². The second-order valence-corrected chi connectivity index (χ2v) is 6.73. The summed E-state index contributed by atoms with van der Waals surface area (Å²) in [7, 11) is 0. The number of thiazole rings is 1. The molecule has 2 heterocycles. The normalized spacial score (nSPS) is 10.7. The first kappa shape index (κ1) is 17.2. The molecule has 1 aromatic carbocycles. The number of amides is 1. The highest BCUT2D eigenvalue weighted by Crippen LogP contribution is 2.22. The molecule has 0 saturated carbocycles. The van der Waals surface area contributed by atoms with Gasteiger partial charge in [-0.2, -0.15) is 0 Å². The van der Waals surface area contributed by atoms with Crippen LogP contribution in [0, 0.1) is 20.8 Å². The Kier molecular flexibility index (Phi) is 5.19. The lowest BCUT2D eigenvalue weighted by atomic mass is 10.2. The van der Waals surface area contributed by atoms with E-state index in [2.05, 4.69) is 10.3 Å². The van der Waals surface area contributed by atoms with Crippen molar-refractivity contribution in [3.8, 4) is 10.9 Å². The van der Waals surface area contributed by atoms with Crippen molar-refractivity contribution in [3.05, 3.63) is 64.4 Å². The third-order valence-electron chi connectivity index (χ3n) is 3.93. The Morgan fingerprint density at radius 1 is 1.28 bits per heavy atom. The fraction of sp³-hybridized carbons (Fsp3) is 0.263. The summed E-state index contributed by atoms with van der Waals surface area (Å²) in [4.78, 5) is 16.8. The lowest BCUT2D eigenvalue weighted by Gasteiger charge is -2.09. The van der Waals surface area contributed by atoms with Gasteiger partial charge in [0.25, 0.3) is 5.91 Å². The van der Waals surface area contributed by atoms with Crippen LogP contribution in [-0.4, -0.2) is 28.6 Å². The number of aryl methyl sites for hydroxylation is 2. The van der Waals surface area contributed by atoms with Crippen molar-refractivity contribution in [2.45, 2.75) is 20.8 Å². The number of aromatic nitrogens is 2. The number of nitrogens with zero attached hydrogens (tertiary/aromatic N) is 2. The van der Waals surface area contributed by atoms with E-state index in [9.17, 15) is 4.79 Å². The first-order chi connectivity index (χ1) is 12.1. The number of nitrogens with one attached hydrogen (secondary N) is 1. The zero-order chi connectivity index (χ0) is 17.8. The minimum atomic E-state index is -0.0938. The molecule has 1 N–H and O–H groups in total. The monoisotopic (exact) mass is 355 g/mol. The Balaban J connectivity index is 1.59. The van der Waals surface area contributed by atoms with E-state index in [4.69, 9.17) is 4.74 Å². The summed E-state index contributed by atoms with van der Waals surface area (Å²) < 4.78 is 7.67. The Morgan fingerprint density at radius 3 is 2.84 bits per heavy atom. The molecule has 130 valence electrons. The third kappa shape index (κ3) is 3.91. The van der Waals surface area contributed by atoms with Crippen LogP contribution in [-0.2, 0) is 0 Å². The quantitative estimate of drug-likeness (QED) is 0.687. The maximum absolute atomic E-state index is 12.5. The average molecular weight is 355 g/mol. The number of rotatable bonds is 6. The highest BCUT2D eigenvalue weighted by molar-refractivity contribution is 7.12. The van der Waals surface area contributed by atoms with Gasteiger partial charge in [0.05, 0.1) is 12.1 Å². The van der Waals surface area contributed by atoms with Gasteiger partial charge in [0.1, 0.15) is 12.4 Å². The average Bonchev–Trinajstić information content (AvgIpc) is 3.19.